The van der Waals surface area contributed by atoms with Gasteiger partial charge in [-0.05, 0) is 60.3 Å². The lowest BCUT2D eigenvalue weighted by molar-refractivity contribution is -0.267. The summed E-state index contributed by atoms with van der Waals surface area (Å²) in [5.41, 5.74) is 0. The molecule has 2 aliphatic heterocycles. The maximum absolute atomic E-state index is 5.87. The fourth-order valence-electron chi connectivity index (χ4n) is 3.71. The van der Waals surface area contributed by atoms with Crippen molar-refractivity contribution in [2.75, 3.05) is 65.7 Å². The first kappa shape index (κ1) is 23.0. The molecule has 0 N–H and O–H groups in total. The van der Waals surface area contributed by atoms with Gasteiger partial charge in [0.25, 0.3) is 0 Å². The van der Waals surface area contributed by atoms with E-state index in [1.165, 1.54) is 6.42 Å². The molecule has 0 radical (unpaired) electrons. The second-order valence-electron chi connectivity index (χ2n) is 8.92. The van der Waals surface area contributed by atoms with Crippen LogP contribution in [-0.4, -0.2) is 87.1 Å². The summed E-state index contributed by atoms with van der Waals surface area (Å²) >= 11 is 0. The van der Waals surface area contributed by atoms with Crippen molar-refractivity contribution >= 4 is 0 Å². The fourth-order valence-corrected chi connectivity index (χ4v) is 3.71. The van der Waals surface area contributed by atoms with Crippen molar-refractivity contribution in [2.45, 2.75) is 59.5 Å². The van der Waals surface area contributed by atoms with Crippen LogP contribution in [0, 0.1) is 11.8 Å². The summed E-state index contributed by atoms with van der Waals surface area (Å²) in [7, 11) is 0. The molecule has 0 aromatic heterocycles. The molecule has 0 aliphatic carbocycles. The lowest BCUT2D eigenvalue weighted by atomic mass is 10.1. The van der Waals surface area contributed by atoms with E-state index < -0.39 is 11.6 Å². The molecule has 2 heterocycles. The van der Waals surface area contributed by atoms with Gasteiger partial charge in [0.2, 0.25) is 0 Å². The van der Waals surface area contributed by atoms with Gasteiger partial charge < -0.3 is 28.7 Å². The van der Waals surface area contributed by atoms with E-state index in [-0.39, 0.29) is 0 Å². The van der Waals surface area contributed by atoms with Crippen LogP contribution in [0.2, 0.25) is 0 Å². The molecule has 160 valence electrons. The summed E-state index contributed by atoms with van der Waals surface area (Å²) in [4.78, 5) is 5.05. The highest BCUT2D eigenvalue weighted by Gasteiger charge is 2.32. The maximum Gasteiger partial charge on any atom is 0.162 e. The number of rotatable bonds is 10. The molecule has 0 bridgehead atoms. The molecule has 2 rings (SSSR count). The molecular formula is C21H42N2O4. The molecule has 2 saturated heterocycles. The van der Waals surface area contributed by atoms with Crippen LogP contribution in [0.4, 0.5) is 0 Å². The predicted molar refractivity (Wildman–Crippen MR) is 108 cm³/mol. The van der Waals surface area contributed by atoms with E-state index in [0.29, 0.717) is 11.8 Å². The van der Waals surface area contributed by atoms with Gasteiger partial charge in [-0.1, -0.05) is 13.8 Å². The Labute approximate surface area is 166 Å². The van der Waals surface area contributed by atoms with E-state index in [1.807, 2.05) is 27.7 Å². The van der Waals surface area contributed by atoms with Crippen molar-refractivity contribution in [1.29, 1.82) is 0 Å². The van der Waals surface area contributed by atoms with Crippen LogP contribution in [-0.2, 0) is 18.9 Å². The third kappa shape index (κ3) is 8.34. The van der Waals surface area contributed by atoms with Crippen molar-refractivity contribution in [3.63, 3.8) is 0 Å². The van der Waals surface area contributed by atoms with Crippen LogP contribution in [0.3, 0.4) is 0 Å². The molecule has 0 aromatic rings. The zero-order chi connectivity index (χ0) is 19.9. The largest absolute Gasteiger partial charge is 0.350 e. The Morgan fingerprint density at radius 3 is 1.41 bits per heavy atom. The summed E-state index contributed by atoms with van der Waals surface area (Å²) in [6.45, 7) is 22.0. The Hall–Kier alpha value is -0.240. The number of hydrogen-bond acceptors (Lipinski definition) is 6. The molecule has 2 fully saturated rings. The topological polar surface area (TPSA) is 43.4 Å². The maximum atomic E-state index is 5.87. The van der Waals surface area contributed by atoms with Crippen molar-refractivity contribution in [3.05, 3.63) is 0 Å². The minimum Gasteiger partial charge on any atom is -0.350 e. The average Bonchev–Trinajstić information content (AvgIpc) is 2.62. The highest BCUT2D eigenvalue weighted by atomic mass is 16.7. The normalized spacial score (nSPS) is 24.0. The second-order valence-corrected chi connectivity index (χ2v) is 8.92. The smallest absolute Gasteiger partial charge is 0.162 e. The zero-order valence-electron chi connectivity index (χ0n) is 18.5. The molecule has 6 nitrogen and oxygen atoms in total. The van der Waals surface area contributed by atoms with Crippen LogP contribution in [0.1, 0.15) is 48.0 Å². The highest BCUT2D eigenvalue weighted by molar-refractivity contribution is 4.76. The highest BCUT2D eigenvalue weighted by Crippen LogP contribution is 2.24. The molecule has 0 unspecified atom stereocenters. The molecule has 6 heteroatoms. The minimum atomic E-state index is -0.444. The van der Waals surface area contributed by atoms with Crippen LogP contribution in [0.5, 0.6) is 0 Å². The van der Waals surface area contributed by atoms with Gasteiger partial charge in [-0.15, -0.1) is 0 Å². The average molecular weight is 387 g/mol. The Kier molecular flexibility index (Phi) is 8.97. The van der Waals surface area contributed by atoms with Crippen LogP contribution < -0.4 is 0 Å². The predicted octanol–water partition coefficient (Wildman–Crippen LogP) is 2.82. The van der Waals surface area contributed by atoms with E-state index in [2.05, 4.69) is 23.6 Å². The first-order valence-corrected chi connectivity index (χ1v) is 10.7. The monoisotopic (exact) mass is 386 g/mol. The van der Waals surface area contributed by atoms with E-state index >= 15 is 0 Å². The summed E-state index contributed by atoms with van der Waals surface area (Å²) in [5, 5.41) is 0. The van der Waals surface area contributed by atoms with Crippen LogP contribution in [0.15, 0.2) is 0 Å². The van der Waals surface area contributed by atoms with Gasteiger partial charge in [0.15, 0.2) is 11.6 Å². The zero-order valence-corrected chi connectivity index (χ0v) is 18.5. The fraction of sp³-hybridized carbons (Fsp3) is 1.00. The lowest BCUT2D eigenvalue weighted by Crippen LogP contribution is -2.47. The van der Waals surface area contributed by atoms with E-state index in [4.69, 9.17) is 18.9 Å². The van der Waals surface area contributed by atoms with Gasteiger partial charge >= 0.3 is 0 Å². The van der Waals surface area contributed by atoms with Gasteiger partial charge in [-0.2, -0.15) is 0 Å². The molecule has 0 atom stereocenters. The molecular weight excluding hydrogens is 344 g/mol. The quantitative estimate of drug-likeness (QED) is 0.575. The molecule has 0 saturated carbocycles. The first-order chi connectivity index (χ1) is 12.7. The Morgan fingerprint density at radius 1 is 0.667 bits per heavy atom. The molecule has 27 heavy (non-hydrogen) atoms. The third-order valence-electron chi connectivity index (χ3n) is 5.54. The molecule has 0 amide bonds. The van der Waals surface area contributed by atoms with Gasteiger partial charge in [0.1, 0.15) is 0 Å². The Bertz CT molecular complexity index is 376. The first-order valence-electron chi connectivity index (χ1n) is 10.7. The third-order valence-corrected chi connectivity index (χ3v) is 5.54. The summed E-state index contributed by atoms with van der Waals surface area (Å²) in [5.74, 6) is -0.0387. The van der Waals surface area contributed by atoms with Crippen molar-refractivity contribution in [3.8, 4) is 0 Å². The SMILES string of the molecule is CCN(CC)CCCN(CC1COC(C)(C)OC1)CC1COC(C)(C)OC1. The number of ether oxygens (including phenoxy) is 4. The van der Waals surface area contributed by atoms with Gasteiger partial charge in [0, 0.05) is 24.9 Å². The summed E-state index contributed by atoms with van der Waals surface area (Å²) in [6, 6.07) is 0. The van der Waals surface area contributed by atoms with Crippen molar-refractivity contribution < 1.29 is 18.9 Å². The number of hydrogen-bond donors (Lipinski definition) is 0. The Balaban J connectivity index is 1.84. The van der Waals surface area contributed by atoms with Crippen LogP contribution >= 0.6 is 0 Å². The summed E-state index contributed by atoms with van der Waals surface area (Å²) < 4.78 is 23.5. The lowest BCUT2D eigenvalue weighted by Gasteiger charge is -2.40. The van der Waals surface area contributed by atoms with E-state index in [0.717, 1.165) is 65.7 Å². The molecule has 2 aliphatic rings. The summed E-state index contributed by atoms with van der Waals surface area (Å²) in [6.07, 6.45) is 1.18. The number of nitrogens with zero attached hydrogens (tertiary/aromatic N) is 2. The van der Waals surface area contributed by atoms with Gasteiger partial charge in [-0.3, -0.25) is 0 Å². The molecule has 0 spiro atoms. The Morgan fingerprint density at radius 2 is 1.04 bits per heavy atom. The minimum absolute atomic E-state index is 0.424. The van der Waals surface area contributed by atoms with Crippen molar-refractivity contribution in [1.82, 2.24) is 9.80 Å². The standard InChI is InChI=1S/C21H42N2O4/c1-7-22(8-2)10-9-11-23(12-18-14-24-20(3,4)25-15-18)13-19-16-26-21(5,6)27-17-19/h18-19H,7-17H2,1-6H3. The van der Waals surface area contributed by atoms with E-state index in [1.54, 1.807) is 0 Å². The van der Waals surface area contributed by atoms with Crippen LogP contribution in [0.25, 0.3) is 0 Å². The molecule has 0 aromatic carbocycles. The van der Waals surface area contributed by atoms with Gasteiger partial charge in [0.05, 0.1) is 26.4 Å². The van der Waals surface area contributed by atoms with Crippen molar-refractivity contribution in [2.24, 2.45) is 11.8 Å². The van der Waals surface area contributed by atoms with Gasteiger partial charge in [-0.25, -0.2) is 0 Å². The van der Waals surface area contributed by atoms with E-state index in [9.17, 15) is 0 Å². The second kappa shape index (κ2) is 10.5.